The molecule has 22 heavy (non-hydrogen) atoms. The highest BCUT2D eigenvalue weighted by Gasteiger charge is 2.08. The summed E-state index contributed by atoms with van der Waals surface area (Å²) in [4.78, 5) is 8.89. The number of fused-ring (bicyclic) bond motifs is 1. The molecule has 0 saturated carbocycles. The molecular weight excluding hydrogens is 294 g/mol. The minimum Gasteiger partial charge on any atom is -0.392 e. The van der Waals surface area contributed by atoms with Gasteiger partial charge in [0.15, 0.2) is 5.65 Å². The van der Waals surface area contributed by atoms with Crippen LogP contribution in [0.2, 0.25) is 0 Å². The van der Waals surface area contributed by atoms with E-state index in [4.69, 9.17) is 5.11 Å². The number of thiophene rings is 1. The summed E-state index contributed by atoms with van der Waals surface area (Å²) in [5.41, 5.74) is 5.84. The molecule has 0 amide bonds. The molecule has 0 bridgehead atoms. The molecule has 4 aromatic rings. The molecule has 0 fully saturated rings. The highest BCUT2D eigenvalue weighted by atomic mass is 32.1. The van der Waals surface area contributed by atoms with Gasteiger partial charge in [-0.25, -0.2) is 4.98 Å². The Labute approximate surface area is 131 Å². The van der Waals surface area contributed by atoms with Gasteiger partial charge < -0.3 is 5.11 Å². The second-order valence-corrected chi connectivity index (χ2v) is 5.79. The first-order chi connectivity index (χ1) is 10.8. The zero-order chi connectivity index (χ0) is 14.9. The standard InChI is InChI=1S/C17H13N3OS/c21-10-12-1-3-13(4-2-12)15-9-20-16(14-5-6-22-11-14)7-19-17(20)8-18-15/h1-9,11,21H,10H2. The van der Waals surface area contributed by atoms with Gasteiger partial charge in [-0.2, -0.15) is 11.3 Å². The SMILES string of the molecule is OCc1ccc(-c2cn3c(-c4ccsc4)cnc3cn2)cc1. The lowest BCUT2D eigenvalue weighted by molar-refractivity contribution is 0.282. The number of aliphatic hydroxyl groups excluding tert-OH is 1. The van der Waals surface area contributed by atoms with Crippen LogP contribution in [0.1, 0.15) is 5.56 Å². The molecule has 0 radical (unpaired) electrons. The van der Waals surface area contributed by atoms with Gasteiger partial charge >= 0.3 is 0 Å². The van der Waals surface area contributed by atoms with Gasteiger partial charge in [0.2, 0.25) is 0 Å². The molecule has 0 aliphatic heterocycles. The van der Waals surface area contributed by atoms with E-state index in [1.165, 1.54) is 0 Å². The van der Waals surface area contributed by atoms with Crippen molar-refractivity contribution >= 4 is 17.0 Å². The first-order valence-corrected chi connectivity index (χ1v) is 7.85. The molecule has 0 atom stereocenters. The monoisotopic (exact) mass is 307 g/mol. The van der Waals surface area contributed by atoms with Gasteiger partial charge in [0.25, 0.3) is 0 Å². The van der Waals surface area contributed by atoms with Crippen molar-refractivity contribution in [1.29, 1.82) is 0 Å². The summed E-state index contributed by atoms with van der Waals surface area (Å²) < 4.78 is 2.06. The van der Waals surface area contributed by atoms with Crippen LogP contribution in [0.3, 0.4) is 0 Å². The molecule has 4 rings (SSSR count). The number of benzene rings is 1. The Bertz CT molecular complexity index is 911. The zero-order valence-electron chi connectivity index (χ0n) is 11.7. The smallest absolute Gasteiger partial charge is 0.155 e. The third kappa shape index (κ3) is 2.20. The van der Waals surface area contributed by atoms with E-state index < -0.39 is 0 Å². The lowest BCUT2D eigenvalue weighted by Gasteiger charge is -2.05. The molecule has 0 unspecified atom stereocenters. The van der Waals surface area contributed by atoms with E-state index in [0.29, 0.717) is 0 Å². The number of rotatable bonds is 3. The van der Waals surface area contributed by atoms with Gasteiger partial charge in [0.1, 0.15) is 0 Å². The van der Waals surface area contributed by atoms with E-state index in [2.05, 4.69) is 31.2 Å². The van der Waals surface area contributed by atoms with Crippen molar-refractivity contribution in [3.05, 3.63) is 65.2 Å². The Morgan fingerprint density at radius 2 is 1.86 bits per heavy atom. The first-order valence-electron chi connectivity index (χ1n) is 6.91. The normalized spacial score (nSPS) is 11.1. The molecule has 0 saturated heterocycles. The van der Waals surface area contributed by atoms with Crippen molar-refractivity contribution in [2.24, 2.45) is 0 Å². The average Bonchev–Trinajstić information content (AvgIpc) is 3.23. The van der Waals surface area contributed by atoms with Crippen LogP contribution < -0.4 is 0 Å². The van der Waals surface area contributed by atoms with Gasteiger partial charge in [0.05, 0.1) is 30.4 Å². The van der Waals surface area contributed by atoms with Crippen LogP contribution in [0.25, 0.3) is 28.2 Å². The van der Waals surface area contributed by atoms with E-state index in [9.17, 15) is 0 Å². The van der Waals surface area contributed by atoms with Crippen LogP contribution in [0, 0.1) is 0 Å². The summed E-state index contributed by atoms with van der Waals surface area (Å²) >= 11 is 1.67. The van der Waals surface area contributed by atoms with E-state index in [1.807, 2.05) is 36.7 Å². The molecule has 5 heteroatoms. The number of aliphatic hydroxyl groups is 1. The molecule has 108 valence electrons. The molecule has 3 aromatic heterocycles. The highest BCUT2D eigenvalue weighted by Crippen LogP contribution is 2.25. The third-order valence-corrected chi connectivity index (χ3v) is 4.33. The van der Waals surface area contributed by atoms with Crippen LogP contribution in [0.5, 0.6) is 0 Å². The Kier molecular flexibility index (Phi) is 3.21. The second-order valence-electron chi connectivity index (χ2n) is 5.01. The molecule has 4 nitrogen and oxygen atoms in total. The highest BCUT2D eigenvalue weighted by molar-refractivity contribution is 7.08. The van der Waals surface area contributed by atoms with Crippen molar-refractivity contribution in [2.75, 3.05) is 0 Å². The van der Waals surface area contributed by atoms with Crippen molar-refractivity contribution in [3.63, 3.8) is 0 Å². The number of hydrogen-bond acceptors (Lipinski definition) is 4. The fraction of sp³-hybridized carbons (Fsp3) is 0.0588. The Balaban J connectivity index is 1.83. The summed E-state index contributed by atoms with van der Waals surface area (Å²) in [6, 6.07) is 9.86. The maximum absolute atomic E-state index is 9.13. The predicted molar refractivity (Wildman–Crippen MR) is 87.7 cm³/mol. The van der Waals surface area contributed by atoms with E-state index in [1.54, 1.807) is 17.5 Å². The second kappa shape index (κ2) is 5.36. The van der Waals surface area contributed by atoms with Crippen LogP contribution in [-0.2, 0) is 6.61 Å². The number of imidazole rings is 1. The Morgan fingerprint density at radius 1 is 1.00 bits per heavy atom. The summed E-state index contributed by atoms with van der Waals surface area (Å²) in [5, 5.41) is 13.3. The predicted octanol–water partition coefficient (Wildman–Crippen LogP) is 3.62. The number of nitrogens with zero attached hydrogens (tertiary/aromatic N) is 3. The summed E-state index contributed by atoms with van der Waals surface area (Å²) in [5.74, 6) is 0. The number of aromatic nitrogens is 3. The van der Waals surface area contributed by atoms with Crippen LogP contribution in [0.15, 0.2) is 59.7 Å². The van der Waals surface area contributed by atoms with E-state index >= 15 is 0 Å². The fourth-order valence-corrected chi connectivity index (χ4v) is 3.09. The Hall–Kier alpha value is -2.50. The van der Waals surface area contributed by atoms with Crippen molar-refractivity contribution in [2.45, 2.75) is 6.61 Å². The molecule has 0 aliphatic carbocycles. The van der Waals surface area contributed by atoms with Crippen LogP contribution in [-0.4, -0.2) is 19.5 Å². The maximum atomic E-state index is 9.13. The number of hydrogen-bond donors (Lipinski definition) is 1. The molecular formula is C17H13N3OS. The van der Waals surface area contributed by atoms with Crippen LogP contribution in [0.4, 0.5) is 0 Å². The van der Waals surface area contributed by atoms with Gasteiger partial charge in [-0.05, 0) is 17.0 Å². The summed E-state index contributed by atoms with van der Waals surface area (Å²) in [6.45, 7) is 0.0522. The van der Waals surface area contributed by atoms with Gasteiger partial charge in [-0.1, -0.05) is 24.3 Å². The molecule has 0 aliphatic rings. The van der Waals surface area contributed by atoms with Crippen molar-refractivity contribution < 1.29 is 5.11 Å². The van der Waals surface area contributed by atoms with Gasteiger partial charge in [-0.3, -0.25) is 9.38 Å². The molecule has 3 heterocycles. The largest absolute Gasteiger partial charge is 0.392 e. The first kappa shape index (κ1) is 13.2. The zero-order valence-corrected chi connectivity index (χ0v) is 12.5. The fourth-order valence-electron chi connectivity index (χ4n) is 2.44. The summed E-state index contributed by atoms with van der Waals surface area (Å²) in [6.07, 6.45) is 5.66. The van der Waals surface area contributed by atoms with Crippen LogP contribution >= 0.6 is 11.3 Å². The lowest BCUT2D eigenvalue weighted by Crippen LogP contribution is -1.93. The minimum atomic E-state index is 0.0522. The average molecular weight is 307 g/mol. The van der Waals surface area contributed by atoms with Gasteiger partial charge in [-0.15, -0.1) is 0 Å². The van der Waals surface area contributed by atoms with Crippen molar-refractivity contribution in [1.82, 2.24) is 14.4 Å². The third-order valence-electron chi connectivity index (χ3n) is 3.65. The Morgan fingerprint density at radius 3 is 2.59 bits per heavy atom. The molecule has 1 aromatic carbocycles. The van der Waals surface area contributed by atoms with E-state index in [-0.39, 0.29) is 6.61 Å². The molecule has 1 N–H and O–H groups in total. The summed E-state index contributed by atoms with van der Waals surface area (Å²) in [7, 11) is 0. The maximum Gasteiger partial charge on any atom is 0.155 e. The quantitative estimate of drug-likeness (QED) is 0.629. The topological polar surface area (TPSA) is 50.4 Å². The van der Waals surface area contributed by atoms with E-state index in [0.717, 1.165) is 33.7 Å². The minimum absolute atomic E-state index is 0.0522. The van der Waals surface area contributed by atoms with Crippen molar-refractivity contribution in [3.8, 4) is 22.5 Å². The lowest BCUT2D eigenvalue weighted by atomic mass is 10.1. The van der Waals surface area contributed by atoms with Gasteiger partial charge in [0, 0.05) is 22.7 Å². The molecule has 0 spiro atoms.